The Kier molecular flexibility index (Phi) is 5.67. The SMILES string of the molecule is COc1ccc(OC)c(C(O)CNc2c(C#N)cnc3c(C)cc(C)cc23)c1. The van der Waals surface area contributed by atoms with Crippen molar-refractivity contribution >= 4 is 16.6 Å². The summed E-state index contributed by atoms with van der Waals surface area (Å²) < 4.78 is 10.6. The van der Waals surface area contributed by atoms with Crippen LogP contribution in [-0.4, -0.2) is 30.9 Å². The van der Waals surface area contributed by atoms with E-state index in [-0.39, 0.29) is 6.54 Å². The third kappa shape index (κ3) is 3.71. The van der Waals surface area contributed by atoms with Gasteiger partial charge in [-0.1, -0.05) is 11.6 Å². The third-order valence-electron chi connectivity index (χ3n) is 4.69. The van der Waals surface area contributed by atoms with Crippen molar-refractivity contribution in [1.29, 1.82) is 5.26 Å². The van der Waals surface area contributed by atoms with Gasteiger partial charge in [0.05, 0.1) is 37.1 Å². The predicted molar refractivity (Wildman–Crippen MR) is 109 cm³/mol. The van der Waals surface area contributed by atoms with E-state index in [1.807, 2.05) is 19.9 Å². The molecule has 1 atom stereocenters. The summed E-state index contributed by atoms with van der Waals surface area (Å²) in [4.78, 5) is 4.43. The first kappa shape index (κ1) is 19.5. The Morgan fingerprint density at radius 2 is 1.96 bits per heavy atom. The molecule has 3 aromatic rings. The standard InChI is InChI=1S/C22H23N3O3/c1-13-7-14(2)21-18(8-13)22(15(10-23)11-24-21)25-12-19(26)17-9-16(27-3)5-6-20(17)28-4/h5-9,11,19,26H,12H2,1-4H3,(H,24,25). The maximum Gasteiger partial charge on any atom is 0.124 e. The molecule has 3 rings (SSSR count). The van der Waals surface area contributed by atoms with Crippen LogP contribution in [0.2, 0.25) is 0 Å². The second kappa shape index (κ2) is 8.15. The summed E-state index contributed by atoms with van der Waals surface area (Å²) in [6.45, 7) is 4.20. The number of hydrogen-bond donors (Lipinski definition) is 2. The van der Waals surface area contributed by atoms with Crippen LogP contribution < -0.4 is 14.8 Å². The van der Waals surface area contributed by atoms with E-state index in [4.69, 9.17) is 9.47 Å². The van der Waals surface area contributed by atoms with Gasteiger partial charge in [-0.2, -0.15) is 5.26 Å². The average molecular weight is 377 g/mol. The highest BCUT2D eigenvalue weighted by Gasteiger charge is 2.17. The first-order valence-electron chi connectivity index (χ1n) is 8.92. The van der Waals surface area contributed by atoms with E-state index in [0.717, 1.165) is 22.0 Å². The summed E-state index contributed by atoms with van der Waals surface area (Å²) in [5, 5.41) is 24.4. The second-order valence-electron chi connectivity index (χ2n) is 6.64. The Labute approximate surface area is 164 Å². The number of aromatic nitrogens is 1. The van der Waals surface area contributed by atoms with Gasteiger partial charge in [-0.05, 0) is 43.7 Å². The van der Waals surface area contributed by atoms with Crippen LogP contribution in [0.4, 0.5) is 5.69 Å². The summed E-state index contributed by atoms with van der Waals surface area (Å²) in [7, 11) is 3.13. The highest BCUT2D eigenvalue weighted by Crippen LogP contribution is 2.32. The number of anilines is 1. The molecule has 1 heterocycles. The number of aryl methyl sites for hydroxylation is 2. The van der Waals surface area contributed by atoms with Gasteiger partial charge in [-0.25, -0.2) is 0 Å². The number of nitriles is 1. The van der Waals surface area contributed by atoms with Crippen molar-refractivity contribution in [3.63, 3.8) is 0 Å². The number of aliphatic hydroxyl groups is 1. The molecule has 0 amide bonds. The van der Waals surface area contributed by atoms with Gasteiger partial charge < -0.3 is 19.9 Å². The molecule has 0 aliphatic rings. The zero-order valence-corrected chi connectivity index (χ0v) is 16.4. The van der Waals surface area contributed by atoms with Crippen LogP contribution in [0, 0.1) is 25.2 Å². The lowest BCUT2D eigenvalue weighted by atomic mass is 10.0. The van der Waals surface area contributed by atoms with Crippen molar-refractivity contribution in [2.75, 3.05) is 26.1 Å². The normalized spacial score (nSPS) is 11.7. The van der Waals surface area contributed by atoms with E-state index < -0.39 is 6.10 Å². The van der Waals surface area contributed by atoms with Gasteiger partial charge in [0.25, 0.3) is 0 Å². The fraction of sp³-hybridized carbons (Fsp3) is 0.273. The molecule has 0 aliphatic carbocycles. The number of pyridine rings is 1. The predicted octanol–water partition coefficient (Wildman–Crippen LogP) is 3.89. The molecule has 144 valence electrons. The fourth-order valence-corrected chi connectivity index (χ4v) is 3.34. The molecule has 0 saturated heterocycles. The number of methoxy groups -OCH3 is 2. The number of nitrogens with zero attached hydrogens (tertiary/aromatic N) is 2. The van der Waals surface area contributed by atoms with E-state index in [1.165, 1.54) is 0 Å². The number of rotatable bonds is 6. The van der Waals surface area contributed by atoms with Crippen molar-refractivity contribution < 1.29 is 14.6 Å². The average Bonchev–Trinajstić information content (AvgIpc) is 2.70. The van der Waals surface area contributed by atoms with Gasteiger partial charge in [0.2, 0.25) is 0 Å². The number of benzene rings is 2. The van der Waals surface area contributed by atoms with Crippen molar-refractivity contribution in [2.45, 2.75) is 20.0 Å². The molecular weight excluding hydrogens is 354 g/mol. The number of nitrogens with one attached hydrogen (secondary N) is 1. The lowest BCUT2D eigenvalue weighted by Crippen LogP contribution is -2.14. The minimum Gasteiger partial charge on any atom is -0.497 e. The van der Waals surface area contributed by atoms with Crippen LogP contribution in [0.5, 0.6) is 11.5 Å². The maximum atomic E-state index is 10.8. The molecule has 0 aliphatic heterocycles. The Bertz CT molecular complexity index is 1060. The van der Waals surface area contributed by atoms with Crippen LogP contribution in [0.25, 0.3) is 10.9 Å². The number of ether oxygens (including phenoxy) is 2. The molecule has 0 saturated carbocycles. The summed E-state index contributed by atoms with van der Waals surface area (Å²) in [5.74, 6) is 1.20. The van der Waals surface area contributed by atoms with Crippen LogP contribution in [0.15, 0.2) is 36.5 Å². The largest absolute Gasteiger partial charge is 0.497 e. The zero-order valence-electron chi connectivity index (χ0n) is 16.4. The molecule has 6 heteroatoms. The molecule has 0 bridgehead atoms. The Balaban J connectivity index is 1.97. The number of hydrogen-bond acceptors (Lipinski definition) is 6. The zero-order chi connectivity index (χ0) is 20.3. The summed E-state index contributed by atoms with van der Waals surface area (Å²) >= 11 is 0. The summed E-state index contributed by atoms with van der Waals surface area (Å²) in [6.07, 6.45) is 0.705. The van der Waals surface area contributed by atoms with Gasteiger partial charge in [-0.3, -0.25) is 4.98 Å². The van der Waals surface area contributed by atoms with E-state index >= 15 is 0 Å². The first-order valence-corrected chi connectivity index (χ1v) is 8.92. The van der Waals surface area contributed by atoms with Gasteiger partial charge in [0, 0.05) is 23.7 Å². The van der Waals surface area contributed by atoms with Crippen LogP contribution in [0.3, 0.4) is 0 Å². The first-order chi connectivity index (χ1) is 13.5. The van der Waals surface area contributed by atoms with Crippen molar-refractivity contribution in [3.05, 3.63) is 58.8 Å². The lowest BCUT2D eigenvalue weighted by molar-refractivity contribution is 0.186. The van der Waals surface area contributed by atoms with Crippen LogP contribution in [-0.2, 0) is 0 Å². The minimum atomic E-state index is -0.856. The molecule has 1 unspecified atom stereocenters. The molecule has 0 fully saturated rings. The molecule has 0 spiro atoms. The van der Waals surface area contributed by atoms with Crippen molar-refractivity contribution in [2.24, 2.45) is 0 Å². The van der Waals surface area contributed by atoms with Crippen molar-refractivity contribution in [1.82, 2.24) is 4.98 Å². The van der Waals surface area contributed by atoms with Gasteiger partial charge in [-0.15, -0.1) is 0 Å². The van der Waals surface area contributed by atoms with Gasteiger partial charge >= 0.3 is 0 Å². The van der Waals surface area contributed by atoms with E-state index in [9.17, 15) is 10.4 Å². The monoisotopic (exact) mass is 377 g/mol. The Morgan fingerprint density at radius 3 is 2.64 bits per heavy atom. The van der Waals surface area contributed by atoms with Gasteiger partial charge in [0.15, 0.2) is 0 Å². The van der Waals surface area contributed by atoms with E-state index in [1.54, 1.807) is 38.6 Å². The Morgan fingerprint density at radius 1 is 1.18 bits per heavy atom. The summed E-state index contributed by atoms with van der Waals surface area (Å²) in [6, 6.07) is 11.5. The molecule has 0 radical (unpaired) electrons. The van der Waals surface area contributed by atoms with Crippen molar-refractivity contribution in [3.8, 4) is 17.6 Å². The highest BCUT2D eigenvalue weighted by molar-refractivity contribution is 5.96. The quantitative estimate of drug-likeness (QED) is 0.678. The fourth-order valence-electron chi connectivity index (χ4n) is 3.34. The minimum absolute atomic E-state index is 0.199. The molecule has 2 aromatic carbocycles. The maximum absolute atomic E-state index is 10.8. The van der Waals surface area contributed by atoms with E-state index in [2.05, 4.69) is 22.4 Å². The topological polar surface area (TPSA) is 87.4 Å². The molecule has 6 nitrogen and oxygen atoms in total. The molecular formula is C22H23N3O3. The smallest absolute Gasteiger partial charge is 0.124 e. The number of aliphatic hydroxyl groups excluding tert-OH is 1. The van der Waals surface area contributed by atoms with Crippen LogP contribution >= 0.6 is 0 Å². The molecule has 1 aromatic heterocycles. The van der Waals surface area contributed by atoms with Gasteiger partial charge in [0.1, 0.15) is 17.6 Å². The lowest BCUT2D eigenvalue weighted by Gasteiger charge is -2.19. The third-order valence-corrected chi connectivity index (χ3v) is 4.69. The Hall–Kier alpha value is -3.30. The second-order valence-corrected chi connectivity index (χ2v) is 6.64. The highest BCUT2D eigenvalue weighted by atomic mass is 16.5. The van der Waals surface area contributed by atoms with E-state index in [0.29, 0.717) is 28.3 Å². The molecule has 2 N–H and O–H groups in total. The number of fused-ring (bicyclic) bond motifs is 1. The molecule has 28 heavy (non-hydrogen) atoms. The van der Waals surface area contributed by atoms with Crippen LogP contribution in [0.1, 0.15) is 28.4 Å². The summed E-state index contributed by atoms with van der Waals surface area (Å²) in [5.41, 5.74) is 4.67.